The van der Waals surface area contributed by atoms with Crippen molar-refractivity contribution in [1.29, 1.82) is 0 Å². The van der Waals surface area contributed by atoms with Crippen LogP contribution in [0.25, 0.3) is 22.0 Å². The average molecular weight is 225 g/mol. The van der Waals surface area contributed by atoms with Crippen LogP contribution in [0.3, 0.4) is 0 Å². The van der Waals surface area contributed by atoms with E-state index in [2.05, 4.69) is 10.1 Å². The number of aryl methyl sites for hydroxylation is 1. The van der Waals surface area contributed by atoms with Crippen molar-refractivity contribution in [1.82, 2.24) is 14.8 Å². The maximum Gasteiger partial charge on any atom is 0.117 e. The van der Waals surface area contributed by atoms with Crippen molar-refractivity contribution in [2.45, 2.75) is 0 Å². The molecule has 0 radical (unpaired) electrons. The molecule has 2 heterocycles. The van der Waals surface area contributed by atoms with Gasteiger partial charge in [-0.3, -0.25) is 9.67 Å². The maximum atomic E-state index is 9.37. The molecule has 0 amide bonds. The van der Waals surface area contributed by atoms with Crippen molar-refractivity contribution in [3.05, 3.63) is 42.9 Å². The number of phenolic OH excluding ortho intramolecular Hbond substituents is 1. The summed E-state index contributed by atoms with van der Waals surface area (Å²) in [5, 5.41) is 14.5. The Hall–Kier alpha value is -2.36. The van der Waals surface area contributed by atoms with Gasteiger partial charge in [0.15, 0.2) is 0 Å². The predicted octanol–water partition coefficient (Wildman–Crippen LogP) is 2.34. The molecular weight excluding hydrogens is 214 g/mol. The summed E-state index contributed by atoms with van der Waals surface area (Å²) in [6.45, 7) is 0. The van der Waals surface area contributed by atoms with Crippen LogP contribution >= 0.6 is 0 Å². The summed E-state index contributed by atoms with van der Waals surface area (Å²) in [4.78, 5) is 4.33. The summed E-state index contributed by atoms with van der Waals surface area (Å²) in [6, 6.07) is 7.22. The lowest BCUT2D eigenvalue weighted by molar-refractivity contribution is 0.476. The van der Waals surface area contributed by atoms with Crippen LogP contribution in [0, 0.1) is 0 Å². The molecule has 0 aliphatic carbocycles. The molecule has 0 fully saturated rings. The molecule has 0 aliphatic rings. The summed E-state index contributed by atoms with van der Waals surface area (Å²) in [5.74, 6) is 0.235. The second kappa shape index (κ2) is 3.59. The number of fused-ring (bicyclic) bond motifs is 1. The number of rotatable bonds is 1. The molecule has 0 bridgehead atoms. The first-order valence-electron chi connectivity index (χ1n) is 5.30. The minimum atomic E-state index is 0.235. The first-order valence-corrected chi connectivity index (χ1v) is 5.30. The molecule has 3 aromatic rings. The predicted molar refractivity (Wildman–Crippen MR) is 65.6 cm³/mol. The number of benzene rings is 1. The average Bonchev–Trinajstić information content (AvgIpc) is 2.75. The molecule has 0 aliphatic heterocycles. The Morgan fingerprint density at radius 2 is 2.00 bits per heavy atom. The highest BCUT2D eigenvalue weighted by Crippen LogP contribution is 2.24. The lowest BCUT2D eigenvalue weighted by Gasteiger charge is -2.01. The van der Waals surface area contributed by atoms with Gasteiger partial charge in [-0.15, -0.1) is 0 Å². The van der Waals surface area contributed by atoms with Crippen molar-refractivity contribution >= 4 is 10.9 Å². The van der Waals surface area contributed by atoms with Gasteiger partial charge in [-0.2, -0.15) is 5.10 Å². The van der Waals surface area contributed by atoms with Crippen molar-refractivity contribution < 1.29 is 5.11 Å². The molecule has 0 atom stereocenters. The second-order valence-electron chi connectivity index (χ2n) is 4.00. The fourth-order valence-electron chi connectivity index (χ4n) is 1.84. The van der Waals surface area contributed by atoms with Gasteiger partial charge in [-0.1, -0.05) is 0 Å². The minimum absolute atomic E-state index is 0.235. The van der Waals surface area contributed by atoms with Crippen LogP contribution in [0.15, 0.2) is 42.9 Å². The zero-order chi connectivity index (χ0) is 11.8. The van der Waals surface area contributed by atoms with Crippen LogP contribution < -0.4 is 0 Å². The van der Waals surface area contributed by atoms with Gasteiger partial charge < -0.3 is 5.11 Å². The van der Waals surface area contributed by atoms with E-state index < -0.39 is 0 Å². The fourth-order valence-corrected chi connectivity index (χ4v) is 1.84. The Morgan fingerprint density at radius 1 is 1.12 bits per heavy atom. The van der Waals surface area contributed by atoms with Crippen molar-refractivity contribution in [2.24, 2.45) is 7.05 Å². The van der Waals surface area contributed by atoms with E-state index in [1.807, 2.05) is 31.6 Å². The SMILES string of the molecule is Cn1cc(-c2cnc3cc(O)ccc3c2)cn1. The minimum Gasteiger partial charge on any atom is -0.508 e. The number of hydrogen-bond donors (Lipinski definition) is 1. The van der Waals surface area contributed by atoms with E-state index in [1.54, 1.807) is 23.0 Å². The number of aromatic hydroxyl groups is 1. The van der Waals surface area contributed by atoms with Gasteiger partial charge >= 0.3 is 0 Å². The van der Waals surface area contributed by atoms with Crippen molar-refractivity contribution in [3.8, 4) is 16.9 Å². The molecule has 0 unspecified atom stereocenters. The number of pyridine rings is 1. The first-order chi connectivity index (χ1) is 8.22. The van der Waals surface area contributed by atoms with Crippen LogP contribution in [-0.2, 0) is 7.05 Å². The smallest absolute Gasteiger partial charge is 0.117 e. The molecule has 4 heteroatoms. The third-order valence-electron chi connectivity index (χ3n) is 2.71. The van der Waals surface area contributed by atoms with Crippen molar-refractivity contribution in [2.75, 3.05) is 0 Å². The lowest BCUT2D eigenvalue weighted by Crippen LogP contribution is -1.84. The Labute approximate surface area is 98.2 Å². The largest absolute Gasteiger partial charge is 0.508 e. The zero-order valence-corrected chi connectivity index (χ0v) is 9.33. The van der Waals surface area contributed by atoms with Gasteiger partial charge in [0.1, 0.15) is 5.75 Å². The van der Waals surface area contributed by atoms with Gasteiger partial charge in [0.2, 0.25) is 0 Å². The van der Waals surface area contributed by atoms with Crippen LogP contribution in [0.5, 0.6) is 5.75 Å². The zero-order valence-electron chi connectivity index (χ0n) is 9.33. The monoisotopic (exact) mass is 225 g/mol. The topological polar surface area (TPSA) is 50.9 Å². The number of nitrogens with zero attached hydrogens (tertiary/aromatic N) is 3. The van der Waals surface area contributed by atoms with E-state index in [4.69, 9.17) is 0 Å². The van der Waals surface area contributed by atoms with Gasteiger partial charge in [-0.25, -0.2) is 0 Å². The molecule has 1 aromatic carbocycles. The van der Waals surface area contributed by atoms with Gasteiger partial charge in [0.25, 0.3) is 0 Å². The molecule has 17 heavy (non-hydrogen) atoms. The molecule has 4 nitrogen and oxygen atoms in total. The fraction of sp³-hybridized carbons (Fsp3) is 0.0769. The summed E-state index contributed by atoms with van der Waals surface area (Å²) in [6.07, 6.45) is 5.55. The number of aromatic nitrogens is 3. The standard InChI is InChI=1S/C13H11N3O/c1-16-8-11(7-15-16)10-4-9-2-3-12(17)5-13(9)14-6-10/h2-8,17H,1H3. The van der Waals surface area contributed by atoms with Gasteiger partial charge in [-0.05, 0) is 18.2 Å². The van der Waals surface area contributed by atoms with E-state index in [0.29, 0.717) is 0 Å². The third-order valence-corrected chi connectivity index (χ3v) is 2.71. The maximum absolute atomic E-state index is 9.37. The highest BCUT2D eigenvalue weighted by atomic mass is 16.3. The number of hydrogen-bond acceptors (Lipinski definition) is 3. The van der Waals surface area contributed by atoms with Gasteiger partial charge in [0.05, 0.1) is 11.7 Å². The highest BCUT2D eigenvalue weighted by Gasteiger charge is 2.03. The van der Waals surface area contributed by atoms with E-state index >= 15 is 0 Å². The summed E-state index contributed by atoms with van der Waals surface area (Å²) in [5.41, 5.74) is 2.85. The van der Waals surface area contributed by atoms with Crippen LogP contribution in [-0.4, -0.2) is 19.9 Å². The molecule has 2 aromatic heterocycles. The summed E-state index contributed by atoms with van der Waals surface area (Å²) in [7, 11) is 1.88. The molecule has 84 valence electrons. The van der Waals surface area contributed by atoms with E-state index in [9.17, 15) is 5.11 Å². The van der Waals surface area contributed by atoms with Crippen LogP contribution in [0.2, 0.25) is 0 Å². The van der Waals surface area contributed by atoms with Crippen LogP contribution in [0.1, 0.15) is 0 Å². The highest BCUT2D eigenvalue weighted by molar-refractivity contribution is 5.84. The Balaban J connectivity index is 2.16. The molecule has 0 saturated heterocycles. The number of phenols is 1. The Kier molecular flexibility index (Phi) is 2.08. The normalized spacial score (nSPS) is 10.9. The molecule has 3 rings (SSSR count). The third kappa shape index (κ3) is 1.73. The van der Waals surface area contributed by atoms with Gasteiger partial charge in [0, 0.05) is 42.0 Å². The quantitative estimate of drug-likeness (QED) is 0.691. The summed E-state index contributed by atoms with van der Waals surface area (Å²) >= 11 is 0. The first kappa shape index (κ1) is 9.84. The molecule has 0 saturated carbocycles. The molecule has 1 N–H and O–H groups in total. The van der Waals surface area contributed by atoms with E-state index in [1.165, 1.54) is 0 Å². The molecular formula is C13H11N3O. The lowest BCUT2D eigenvalue weighted by atomic mass is 10.1. The van der Waals surface area contributed by atoms with Crippen LogP contribution in [0.4, 0.5) is 0 Å². The van der Waals surface area contributed by atoms with E-state index in [0.717, 1.165) is 22.0 Å². The summed E-state index contributed by atoms with van der Waals surface area (Å²) < 4.78 is 1.76. The second-order valence-corrected chi connectivity index (χ2v) is 4.00. The molecule has 0 spiro atoms. The van der Waals surface area contributed by atoms with E-state index in [-0.39, 0.29) is 5.75 Å². The van der Waals surface area contributed by atoms with Crippen molar-refractivity contribution in [3.63, 3.8) is 0 Å². The Morgan fingerprint density at radius 3 is 2.76 bits per heavy atom. The Bertz CT molecular complexity index is 688.